The van der Waals surface area contributed by atoms with Crippen LogP contribution >= 0.6 is 15.9 Å². The first kappa shape index (κ1) is 16.6. The molecule has 0 saturated heterocycles. The summed E-state index contributed by atoms with van der Waals surface area (Å²) >= 11 is 3.52. The molecule has 1 saturated carbocycles. The summed E-state index contributed by atoms with van der Waals surface area (Å²) in [7, 11) is 0. The zero-order valence-electron chi connectivity index (χ0n) is 14.0. The highest BCUT2D eigenvalue weighted by Gasteiger charge is 2.23. The topological polar surface area (TPSA) is 51.2 Å². The molecule has 2 aromatic rings. The fourth-order valence-corrected chi connectivity index (χ4v) is 3.66. The Morgan fingerprint density at radius 2 is 2.00 bits per heavy atom. The summed E-state index contributed by atoms with van der Waals surface area (Å²) in [4.78, 5) is 16.5. The summed E-state index contributed by atoms with van der Waals surface area (Å²) in [6.07, 6.45) is 6.19. The van der Waals surface area contributed by atoms with E-state index in [9.17, 15) is 4.79 Å². The number of carbonyl (C=O) groups excluding carboxylic acids is 1. The van der Waals surface area contributed by atoms with Crippen molar-refractivity contribution in [1.82, 2.24) is 10.3 Å². The summed E-state index contributed by atoms with van der Waals surface area (Å²) < 4.78 is 6.77. The average molecular weight is 401 g/mol. The Balaban J connectivity index is 1.27. The van der Waals surface area contributed by atoms with Crippen LogP contribution < -0.4 is 10.1 Å². The molecule has 1 aromatic carbocycles. The van der Waals surface area contributed by atoms with E-state index in [0.717, 1.165) is 29.7 Å². The number of rotatable bonds is 6. The molecule has 25 heavy (non-hydrogen) atoms. The lowest BCUT2D eigenvalue weighted by molar-refractivity contribution is 0.0942. The number of amides is 1. The van der Waals surface area contributed by atoms with E-state index in [-0.39, 0.29) is 5.91 Å². The molecular formula is C20H21BrN2O2. The van der Waals surface area contributed by atoms with E-state index in [0.29, 0.717) is 24.1 Å². The van der Waals surface area contributed by atoms with Crippen LogP contribution in [-0.2, 0) is 12.8 Å². The molecule has 4 rings (SSSR count). The summed E-state index contributed by atoms with van der Waals surface area (Å²) in [5, 5.41) is 3.02. The predicted molar refractivity (Wildman–Crippen MR) is 99.8 cm³/mol. The van der Waals surface area contributed by atoms with Crippen molar-refractivity contribution in [3.8, 4) is 5.75 Å². The van der Waals surface area contributed by atoms with Crippen molar-refractivity contribution in [2.75, 3.05) is 13.2 Å². The molecule has 1 unspecified atom stereocenters. The Morgan fingerprint density at radius 1 is 1.16 bits per heavy atom. The number of aromatic nitrogens is 1. The van der Waals surface area contributed by atoms with Crippen LogP contribution in [0.4, 0.5) is 0 Å². The molecular weight excluding hydrogens is 380 g/mol. The highest BCUT2D eigenvalue weighted by Crippen LogP contribution is 2.30. The van der Waals surface area contributed by atoms with E-state index in [1.807, 2.05) is 6.07 Å². The monoisotopic (exact) mass is 400 g/mol. The SMILES string of the molecule is O=C(NCC1Cc2ccc(Br)cc2C1)c1ccc(OCC2CC2)cn1. The van der Waals surface area contributed by atoms with Gasteiger partial charge in [0.2, 0.25) is 0 Å². The molecule has 0 aliphatic heterocycles. The van der Waals surface area contributed by atoms with E-state index < -0.39 is 0 Å². The van der Waals surface area contributed by atoms with E-state index in [2.05, 4.69) is 44.4 Å². The molecule has 2 aliphatic carbocycles. The predicted octanol–water partition coefficient (Wildman–Crippen LogP) is 3.78. The molecule has 1 atom stereocenters. The fourth-order valence-electron chi connectivity index (χ4n) is 3.25. The second-order valence-electron chi connectivity index (χ2n) is 7.03. The number of hydrogen-bond acceptors (Lipinski definition) is 3. The van der Waals surface area contributed by atoms with Crippen molar-refractivity contribution in [3.05, 3.63) is 57.8 Å². The third kappa shape index (κ3) is 4.21. The van der Waals surface area contributed by atoms with Gasteiger partial charge in [0.15, 0.2) is 0 Å². The van der Waals surface area contributed by atoms with Gasteiger partial charge < -0.3 is 10.1 Å². The number of hydrogen-bond donors (Lipinski definition) is 1. The van der Waals surface area contributed by atoms with E-state index >= 15 is 0 Å². The normalized spacial score (nSPS) is 18.7. The minimum Gasteiger partial charge on any atom is -0.492 e. The Kier molecular flexibility index (Phi) is 4.75. The van der Waals surface area contributed by atoms with Crippen molar-refractivity contribution in [1.29, 1.82) is 0 Å². The quantitative estimate of drug-likeness (QED) is 0.802. The molecule has 1 heterocycles. The largest absolute Gasteiger partial charge is 0.492 e. The van der Waals surface area contributed by atoms with Gasteiger partial charge in [-0.1, -0.05) is 22.0 Å². The molecule has 2 aliphatic rings. The first-order valence-electron chi connectivity index (χ1n) is 8.82. The van der Waals surface area contributed by atoms with Gasteiger partial charge in [0, 0.05) is 11.0 Å². The lowest BCUT2D eigenvalue weighted by atomic mass is 10.1. The smallest absolute Gasteiger partial charge is 0.269 e. The second kappa shape index (κ2) is 7.16. The molecule has 4 nitrogen and oxygen atoms in total. The number of ether oxygens (including phenoxy) is 1. The van der Waals surface area contributed by atoms with E-state index in [1.165, 1.54) is 24.0 Å². The van der Waals surface area contributed by atoms with Crippen LogP contribution in [0.2, 0.25) is 0 Å². The number of halogens is 1. The molecule has 130 valence electrons. The first-order chi connectivity index (χ1) is 12.2. The summed E-state index contributed by atoms with van der Waals surface area (Å²) in [6, 6.07) is 9.99. The van der Waals surface area contributed by atoms with Gasteiger partial charge in [0.25, 0.3) is 5.91 Å². The van der Waals surface area contributed by atoms with Crippen molar-refractivity contribution in [3.63, 3.8) is 0 Å². The van der Waals surface area contributed by atoms with Crippen molar-refractivity contribution >= 4 is 21.8 Å². The van der Waals surface area contributed by atoms with Gasteiger partial charge in [-0.3, -0.25) is 4.79 Å². The van der Waals surface area contributed by atoms with E-state index in [1.54, 1.807) is 12.3 Å². The van der Waals surface area contributed by atoms with Gasteiger partial charge in [-0.2, -0.15) is 0 Å². The van der Waals surface area contributed by atoms with Gasteiger partial charge in [-0.15, -0.1) is 0 Å². The maximum absolute atomic E-state index is 12.3. The van der Waals surface area contributed by atoms with Crippen LogP contribution in [0.15, 0.2) is 41.0 Å². The lowest BCUT2D eigenvalue weighted by Crippen LogP contribution is -2.30. The van der Waals surface area contributed by atoms with E-state index in [4.69, 9.17) is 4.74 Å². The maximum Gasteiger partial charge on any atom is 0.269 e. The average Bonchev–Trinajstić information content (AvgIpc) is 3.37. The molecule has 5 heteroatoms. The number of pyridine rings is 1. The van der Waals surface area contributed by atoms with Crippen LogP contribution in [0.1, 0.15) is 34.5 Å². The van der Waals surface area contributed by atoms with Crippen molar-refractivity contribution < 1.29 is 9.53 Å². The standard InChI is InChI=1S/C20H21BrN2O2/c21-17-4-3-15-7-14(8-16(15)9-17)10-23-20(24)19-6-5-18(11-22-19)25-12-13-1-2-13/h3-6,9,11,13-14H,1-2,7-8,10,12H2,(H,23,24). The maximum atomic E-state index is 12.3. The van der Waals surface area contributed by atoms with Crippen molar-refractivity contribution in [2.45, 2.75) is 25.7 Å². The highest BCUT2D eigenvalue weighted by atomic mass is 79.9. The Hall–Kier alpha value is -1.88. The summed E-state index contributed by atoms with van der Waals surface area (Å²) in [5.74, 6) is 1.78. The van der Waals surface area contributed by atoms with Crippen LogP contribution in [0.25, 0.3) is 0 Å². The van der Waals surface area contributed by atoms with Crippen LogP contribution in [-0.4, -0.2) is 24.0 Å². The Labute approximate surface area is 156 Å². The third-order valence-corrected chi connectivity index (χ3v) is 5.38. The molecule has 1 amide bonds. The molecule has 1 aromatic heterocycles. The minimum absolute atomic E-state index is 0.120. The fraction of sp³-hybridized carbons (Fsp3) is 0.400. The van der Waals surface area contributed by atoms with Gasteiger partial charge in [0.1, 0.15) is 11.4 Å². The Morgan fingerprint density at radius 3 is 2.76 bits per heavy atom. The third-order valence-electron chi connectivity index (χ3n) is 4.89. The van der Waals surface area contributed by atoms with Crippen molar-refractivity contribution in [2.24, 2.45) is 11.8 Å². The molecule has 0 radical (unpaired) electrons. The molecule has 0 bridgehead atoms. The number of nitrogens with zero attached hydrogens (tertiary/aromatic N) is 1. The highest BCUT2D eigenvalue weighted by molar-refractivity contribution is 9.10. The number of nitrogens with one attached hydrogen (secondary N) is 1. The van der Waals surface area contributed by atoms with Gasteiger partial charge in [-0.25, -0.2) is 4.98 Å². The number of carbonyl (C=O) groups is 1. The van der Waals surface area contributed by atoms with Crippen LogP contribution in [0.3, 0.4) is 0 Å². The van der Waals surface area contributed by atoms with Gasteiger partial charge in [0.05, 0.1) is 12.8 Å². The lowest BCUT2D eigenvalue weighted by Gasteiger charge is -2.11. The summed E-state index contributed by atoms with van der Waals surface area (Å²) in [6.45, 7) is 1.43. The van der Waals surface area contributed by atoms with Gasteiger partial charge >= 0.3 is 0 Å². The second-order valence-corrected chi connectivity index (χ2v) is 7.95. The molecule has 0 spiro atoms. The first-order valence-corrected chi connectivity index (χ1v) is 9.61. The minimum atomic E-state index is -0.120. The molecule has 1 N–H and O–H groups in total. The Bertz CT molecular complexity index is 772. The van der Waals surface area contributed by atoms with Crippen LogP contribution in [0.5, 0.6) is 5.75 Å². The number of benzene rings is 1. The zero-order chi connectivity index (χ0) is 17.2. The van der Waals surface area contributed by atoms with Gasteiger partial charge in [-0.05, 0) is 72.9 Å². The number of fused-ring (bicyclic) bond motifs is 1. The molecule has 1 fully saturated rings. The van der Waals surface area contributed by atoms with Crippen LogP contribution in [0, 0.1) is 11.8 Å². The zero-order valence-corrected chi connectivity index (χ0v) is 15.6. The summed E-state index contributed by atoms with van der Waals surface area (Å²) in [5.41, 5.74) is 3.21.